The van der Waals surface area contributed by atoms with E-state index in [9.17, 15) is 4.79 Å². The number of amides is 1. The van der Waals surface area contributed by atoms with Crippen LogP contribution in [0.25, 0.3) is 0 Å². The summed E-state index contributed by atoms with van der Waals surface area (Å²) in [6, 6.07) is 13.7. The standard InChI is InChI=1S/C21H28N2O2/c1-6-20(17-8-11-19(25-5)12-9-17)22-16(4)21(24)23-18-10-7-14(2)15(3)13-18/h7-13,16,20,22H,6H2,1-5H3,(H,23,24). The Kier molecular flexibility index (Phi) is 6.59. The highest BCUT2D eigenvalue weighted by molar-refractivity contribution is 5.94. The van der Waals surface area contributed by atoms with Crippen LogP contribution in [0.1, 0.15) is 43.0 Å². The molecule has 134 valence electrons. The lowest BCUT2D eigenvalue weighted by atomic mass is 10.0. The number of carbonyl (C=O) groups is 1. The summed E-state index contributed by atoms with van der Waals surface area (Å²) < 4.78 is 5.20. The molecule has 0 saturated carbocycles. The number of nitrogens with one attached hydrogen (secondary N) is 2. The van der Waals surface area contributed by atoms with E-state index >= 15 is 0 Å². The van der Waals surface area contributed by atoms with Gasteiger partial charge in [-0.2, -0.15) is 0 Å². The molecular formula is C21H28N2O2. The molecule has 0 saturated heterocycles. The molecule has 4 nitrogen and oxygen atoms in total. The number of hydrogen-bond acceptors (Lipinski definition) is 3. The Bertz CT molecular complexity index is 710. The third-order valence-corrected chi connectivity index (χ3v) is 4.55. The van der Waals surface area contributed by atoms with Crippen LogP contribution < -0.4 is 15.4 Å². The number of ether oxygens (including phenoxy) is 1. The van der Waals surface area contributed by atoms with E-state index in [4.69, 9.17) is 4.74 Å². The molecule has 2 N–H and O–H groups in total. The number of carbonyl (C=O) groups excluding carboxylic acids is 1. The van der Waals surface area contributed by atoms with Gasteiger partial charge in [0.25, 0.3) is 0 Å². The van der Waals surface area contributed by atoms with E-state index in [0.29, 0.717) is 0 Å². The first kappa shape index (κ1) is 19.0. The lowest BCUT2D eigenvalue weighted by Crippen LogP contribution is -2.40. The highest BCUT2D eigenvalue weighted by Gasteiger charge is 2.18. The Morgan fingerprint density at radius 1 is 1.08 bits per heavy atom. The van der Waals surface area contributed by atoms with Crippen LogP contribution in [0.2, 0.25) is 0 Å². The highest BCUT2D eigenvalue weighted by atomic mass is 16.5. The predicted molar refractivity (Wildman–Crippen MR) is 103 cm³/mol. The van der Waals surface area contributed by atoms with Crippen molar-refractivity contribution in [1.82, 2.24) is 5.32 Å². The molecule has 0 aromatic heterocycles. The molecule has 0 radical (unpaired) electrons. The summed E-state index contributed by atoms with van der Waals surface area (Å²) in [5.74, 6) is 0.800. The fourth-order valence-corrected chi connectivity index (χ4v) is 2.73. The zero-order valence-electron chi connectivity index (χ0n) is 15.7. The predicted octanol–water partition coefficient (Wildman–Crippen LogP) is 4.38. The summed E-state index contributed by atoms with van der Waals surface area (Å²) >= 11 is 0. The first-order valence-corrected chi connectivity index (χ1v) is 8.72. The van der Waals surface area contributed by atoms with E-state index in [1.54, 1.807) is 7.11 Å². The van der Waals surface area contributed by atoms with E-state index < -0.39 is 0 Å². The number of methoxy groups -OCH3 is 1. The average molecular weight is 340 g/mol. The minimum absolute atomic E-state index is 0.0322. The molecule has 2 atom stereocenters. The van der Waals surface area contributed by atoms with Gasteiger partial charge in [0.1, 0.15) is 5.75 Å². The van der Waals surface area contributed by atoms with Gasteiger partial charge in [-0.25, -0.2) is 0 Å². The van der Waals surface area contributed by atoms with Gasteiger partial charge < -0.3 is 10.1 Å². The number of anilines is 1. The van der Waals surface area contributed by atoms with Crippen molar-refractivity contribution in [2.75, 3.05) is 12.4 Å². The Hall–Kier alpha value is -2.33. The molecule has 1 amide bonds. The summed E-state index contributed by atoms with van der Waals surface area (Å²) in [5, 5.41) is 6.40. The maximum Gasteiger partial charge on any atom is 0.241 e. The van der Waals surface area contributed by atoms with Gasteiger partial charge in [0.15, 0.2) is 0 Å². The van der Waals surface area contributed by atoms with Crippen LogP contribution in [-0.2, 0) is 4.79 Å². The molecular weight excluding hydrogens is 312 g/mol. The second kappa shape index (κ2) is 8.67. The Labute approximate surface area is 150 Å². The topological polar surface area (TPSA) is 50.4 Å². The average Bonchev–Trinajstić information content (AvgIpc) is 2.62. The number of aryl methyl sites for hydroxylation is 2. The van der Waals surface area contributed by atoms with Gasteiger partial charge in [-0.05, 0) is 68.1 Å². The molecule has 0 heterocycles. The third kappa shape index (κ3) is 5.07. The van der Waals surface area contributed by atoms with Gasteiger partial charge in [0, 0.05) is 11.7 Å². The molecule has 0 aliphatic carbocycles. The molecule has 4 heteroatoms. The zero-order valence-corrected chi connectivity index (χ0v) is 15.7. The Morgan fingerprint density at radius 3 is 2.32 bits per heavy atom. The highest BCUT2D eigenvalue weighted by Crippen LogP contribution is 2.21. The van der Waals surface area contributed by atoms with Gasteiger partial charge in [-0.15, -0.1) is 0 Å². The summed E-state index contributed by atoms with van der Waals surface area (Å²) in [7, 11) is 1.66. The van der Waals surface area contributed by atoms with Crippen molar-refractivity contribution in [2.24, 2.45) is 0 Å². The van der Waals surface area contributed by atoms with Crippen LogP contribution in [0.4, 0.5) is 5.69 Å². The SMILES string of the molecule is CCC(NC(C)C(=O)Nc1ccc(C)c(C)c1)c1ccc(OC)cc1. The summed E-state index contributed by atoms with van der Waals surface area (Å²) in [6.07, 6.45) is 0.896. The smallest absolute Gasteiger partial charge is 0.241 e. The third-order valence-electron chi connectivity index (χ3n) is 4.55. The summed E-state index contributed by atoms with van der Waals surface area (Å²) in [5.41, 5.74) is 4.37. The molecule has 2 aromatic rings. The van der Waals surface area contributed by atoms with E-state index in [1.807, 2.05) is 56.3 Å². The molecule has 0 bridgehead atoms. The first-order valence-electron chi connectivity index (χ1n) is 8.72. The molecule has 2 rings (SSSR count). The minimum atomic E-state index is -0.298. The van der Waals surface area contributed by atoms with Crippen molar-refractivity contribution < 1.29 is 9.53 Å². The maximum absolute atomic E-state index is 12.5. The quantitative estimate of drug-likeness (QED) is 0.786. The molecule has 0 aliphatic rings. The van der Waals surface area contributed by atoms with Crippen molar-refractivity contribution in [3.63, 3.8) is 0 Å². The second-order valence-corrected chi connectivity index (χ2v) is 6.41. The largest absolute Gasteiger partial charge is 0.497 e. The van der Waals surface area contributed by atoms with Crippen molar-refractivity contribution >= 4 is 11.6 Å². The summed E-state index contributed by atoms with van der Waals surface area (Å²) in [4.78, 5) is 12.5. The molecule has 2 unspecified atom stereocenters. The zero-order chi connectivity index (χ0) is 18.4. The van der Waals surface area contributed by atoms with Gasteiger partial charge in [-0.1, -0.05) is 25.1 Å². The van der Waals surface area contributed by atoms with E-state index in [1.165, 1.54) is 11.1 Å². The minimum Gasteiger partial charge on any atom is -0.497 e. The normalized spacial score (nSPS) is 13.2. The summed E-state index contributed by atoms with van der Waals surface area (Å²) in [6.45, 7) is 8.10. The molecule has 0 aliphatic heterocycles. The van der Waals surface area contributed by atoms with Crippen LogP contribution in [0, 0.1) is 13.8 Å². The van der Waals surface area contributed by atoms with Crippen LogP contribution >= 0.6 is 0 Å². The lowest BCUT2D eigenvalue weighted by molar-refractivity contribution is -0.118. The van der Waals surface area contributed by atoms with E-state index in [-0.39, 0.29) is 18.0 Å². The second-order valence-electron chi connectivity index (χ2n) is 6.41. The van der Waals surface area contributed by atoms with Crippen molar-refractivity contribution in [2.45, 2.75) is 46.2 Å². The fraction of sp³-hybridized carbons (Fsp3) is 0.381. The Morgan fingerprint density at radius 2 is 1.76 bits per heavy atom. The van der Waals surface area contributed by atoms with E-state index in [2.05, 4.69) is 24.5 Å². The van der Waals surface area contributed by atoms with Gasteiger partial charge in [0.05, 0.1) is 13.2 Å². The molecule has 25 heavy (non-hydrogen) atoms. The number of rotatable bonds is 7. The van der Waals surface area contributed by atoms with E-state index in [0.717, 1.165) is 23.4 Å². The first-order chi connectivity index (χ1) is 11.9. The fourth-order valence-electron chi connectivity index (χ4n) is 2.73. The van der Waals surface area contributed by atoms with Crippen molar-refractivity contribution in [3.05, 3.63) is 59.2 Å². The van der Waals surface area contributed by atoms with Crippen LogP contribution in [0.5, 0.6) is 5.75 Å². The molecule has 0 fully saturated rings. The van der Waals surface area contributed by atoms with Crippen LogP contribution in [-0.4, -0.2) is 19.1 Å². The monoisotopic (exact) mass is 340 g/mol. The van der Waals surface area contributed by atoms with Gasteiger partial charge in [-0.3, -0.25) is 10.1 Å². The van der Waals surface area contributed by atoms with Crippen molar-refractivity contribution in [1.29, 1.82) is 0 Å². The Balaban J connectivity index is 2.00. The number of hydrogen-bond donors (Lipinski definition) is 2. The van der Waals surface area contributed by atoms with Gasteiger partial charge >= 0.3 is 0 Å². The number of benzene rings is 2. The molecule has 2 aromatic carbocycles. The van der Waals surface area contributed by atoms with Gasteiger partial charge in [0.2, 0.25) is 5.91 Å². The van der Waals surface area contributed by atoms with Crippen molar-refractivity contribution in [3.8, 4) is 5.75 Å². The lowest BCUT2D eigenvalue weighted by Gasteiger charge is -2.22. The maximum atomic E-state index is 12.5. The molecule has 0 spiro atoms. The van der Waals surface area contributed by atoms with Crippen LogP contribution in [0.3, 0.4) is 0 Å². The van der Waals surface area contributed by atoms with Crippen LogP contribution in [0.15, 0.2) is 42.5 Å².